The normalized spacial score (nSPS) is 11.7. The second-order valence-corrected chi connectivity index (χ2v) is 7.63. The van der Waals surface area contributed by atoms with Crippen LogP contribution in [0.5, 0.6) is 6.01 Å². The lowest BCUT2D eigenvalue weighted by atomic mass is 10.2. The van der Waals surface area contributed by atoms with E-state index in [0.717, 1.165) is 13.2 Å². The predicted octanol–water partition coefficient (Wildman–Crippen LogP) is 1.97. The quantitative estimate of drug-likeness (QED) is 0.613. The van der Waals surface area contributed by atoms with Crippen LogP contribution in [0.2, 0.25) is 0 Å². The molecule has 2 rings (SSSR count). The van der Waals surface area contributed by atoms with Gasteiger partial charge in [-0.05, 0) is 26.0 Å². The summed E-state index contributed by atoms with van der Waals surface area (Å²) in [5.74, 6) is -3.54. The number of nitrogens with zero attached hydrogens (tertiary/aromatic N) is 3. The van der Waals surface area contributed by atoms with Crippen molar-refractivity contribution < 1.29 is 40.7 Å². The number of amides is 2. The van der Waals surface area contributed by atoms with E-state index in [1.807, 2.05) is 0 Å². The minimum absolute atomic E-state index is 0.349. The van der Waals surface area contributed by atoms with Gasteiger partial charge in [0.25, 0.3) is 10.0 Å². The number of hydrogen-bond acceptors (Lipinski definition) is 9. The molecule has 1 aromatic carbocycles. The van der Waals surface area contributed by atoms with Crippen LogP contribution in [0, 0.1) is 0 Å². The van der Waals surface area contributed by atoms with E-state index in [0.29, 0.717) is 0 Å². The minimum atomic E-state index is -4.98. The van der Waals surface area contributed by atoms with Crippen LogP contribution in [0.1, 0.15) is 30.0 Å². The molecule has 0 saturated heterocycles. The van der Waals surface area contributed by atoms with Gasteiger partial charge in [0, 0.05) is 0 Å². The monoisotopic (exact) mass is 463 g/mol. The van der Waals surface area contributed by atoms with Gasteiger partial charge in [-0.25, -0.2) is 22.7 Å². The standard InChI is InChI=1S/C16H16F3N5O6S/c1-8(2)30-11(25)9-6-4-5-7-10(9)31(27,28)24-14(26)22-13-20-12(16(17,18)19)21-15(23-13)29-3/h4-8H,1-3H3,(H2,20,21,22,23,24,26). The molecule has 0 aliphatic heterocycles. The summed E-state index contributed by atoms with van der Waals surface area (Å²) in [5, 5.41) is 1.75. The lowest BCUT2D eigenvalue weighted by molar-refractivity contribution is -0.145. The van der Waals surface area contributed by atoms with Crippen molar-refractivity contribution in [3.8, 4) is 6.01 Å². The van der Waals surface area contributed by atoms with Crippen LogP contribution >= 0.6 is 0 Å². The molecule has 0 spiro atoms. The highest BCUT2D eigenvalue weighted by molar-refractivity contribution is 7.90. The van der Waals surface area contributed by atoms with Crippen LogP contribution in [-0.4, -0.2) is 48.6 Å². The molecule has 2 aromatic rings. The SMILES string of the molecule is COc1nc(NC(=O)NS(=O)(=O)c2ccccc2C(=O)OC(C)C)nc(C(F)(F)F)n1. The highest BCUT2D eigenvalue weighted by Crippen LogP contribution is 2.27. The Bertz CT molecular complexity index is 1090. The van der Waals surface area contributed by atoms with Crippen LogP contribution in [0.25, 0.3) is 0 Å². The van der Waals surface area contributed by atoms with Crippen molar-refractivity contribution >= 4 is 28.0 Å². The van der Waals surface area contributed by atoms with Crippen LogP contribution in [0.15, 0.2) is 29.2 Å². The van der Waals surface area contributed by atoms with E-state index >= 15 is 0 Å². The third kappa shape index (κ3) is 6.24. The van der Waals surface area contributed by atoms with E-state index in [9.17, 15) is 31.2 Å². The third-order valence-electron chi connectivity index (χ3n) is 3.24. The first-order chi connectivity index (χ1) is 14.3. The molecule has 1 aromatic heterocycles. The molecule has 0 radical (unpaired) electrons. The van der Waals surface area contributed by atoms with Crippen LogP contribution < -0.4 is 14.8 Å². The number of ether oxygens (including phenoxy) is 2. The summed E-state index contributed by atoms with van der Waals surface area (Å²) in [5.41, 5.74) is -0.349. The molecule has 31 heavy (non-hydrogen) atoms. The summed E-state index contributed by atoms with van der Waals surface area (Å²) in [6.45, 7) is 3.11. The van der Waals surface area contributed by atoms with Crippen molar-refractivity contribution in [2.75, 3.05) is 12.4 Å². The van der Waals surface area contributed by atoms with Gasteiger partial charge < -0.3 is 9.47 Å². The molecule has 2 N–H and O–H groups in total. The number of benzene rings is 1. The molecule has 0 saturated carbocycles. The zero-order chi connectivity index (χ0) is 23.4. The average Bonchev–Trinajstić information content (AvgIpc) is 2.66. The van der Waals surface area contributed by atoms with E-state index in [1.54, 1.807) is 23.9 Å². The van der Waals surface area contributed by atoms with Crippen LogP contribution in [0.4, 0.5) is 23.9 Å². The summed E-state index contributed by atoms with van der Waals surface area (Å²) in [6, 6.07) is 2.64. The molecule has 1 heterocycles. The Morgan fingerprint density at radius 1 is 1.10 bits per heavy atom. The number of carbonyl (C=O) groups excluding carboxylic acids is 2. The molecule has 0 bridgehead atoms. The van der Waals surface area contributed by atoms with E-state index in [2.05, 4.69) is 19.7 Å². The Morgan fingerprint density at radius 2 is 1.74 bits per heavy atom. The molecule has 2 amide bonds. The number of hydrogen-bond donors (Lipinski definition) is 2. The molecule has 0 unspecified atom stereocenters. The third-order valence-corrected chi connectivity index (χ3v) is 4.63. The van der Waals surface area contributed by atoms with Gasteiger partial charge in [0.05, 0.1) is 18.8 Å². The van der Waals surface area contributed by atoms with E-state index in [1.165, 1.54) is 18.2 Å². The number of sulfonamides is 1. The highest BCUT2D eigenvalue weighted by Gasteiger charge is 2.36. The topological polar surface area (TPSA) is 149 Å². The summed E-state index contributed by atoms with van der Waals surface area (Å²) >= 11 is 0. The number of anilines is 1. The number of alkyl halides is 3. The Labute approximate surface area is 174 Å². The van der Waals surface area contributed by atoms with Gasteiger partial charge in [-0.3, -0.25) is 5.32 Å². The van der Waals surface area contributed by atoms with Gasteiger partial charge in [0.1, 0.15) is 4.90 Å². The fraction of sp³-hybridized carbons (Fsp3) is 0.312. The summed E-state index contributed by atoms with van der Waals surface area (Å²) in [7, 11) is -3.65. The van der Waals surface area contributed by atoms with Gasteiger partial charge in [0.2, 0.25) is 11.8 Å². The smallest absolute Gasteiger partial charge is 0.451 e. The first-order valence-corrected chi connectivity index (χ1v) is 9.83. The van der Waals surface area contributed by atoms with E-state index in [4.69, 9.17) is 4.74 Å². The second kappa shape index (κ2) is 9.11. The van der Waals surface area contributed by atoms with Crippen molar-refractivity contribution in [1.29, 1.82) is 0 Å². The molecule has 15 heteroatoms. The van der Waals surface area contributed by atoms with Gasteiger partial charge in [-0.2, -0.15) is 28.1 Å². The van der Waals surface area contributed by atoms with E-state index in [-0.39, 0.29) is 5.56 Å². The summed E-state index contributed by atoms with van der Waals surface area (Å²) in [4.78, 5) is 33.0. The number of halogens is 3. The van der Waals surface area contributed by atoms with E-state index < -0.39 is 57.0 Å². The number of methoxy groups -OCH3 is 1. The minimum Gasteiger partial charge on any atom is -0.467 e. The molecule has 0 aliphatic carbocycles. The molecule has 168 valence electrons. The maximum absolute atomic E-state index is 12.8. The van der Waals surface area contributed by atoms with Gasteiger partial charge >= 0.3 is 24.2 Å². The largest absolute Gasteiger partial charge is 0.467 e. The fourth-order valence-corrected chi connectivity index (χ4v) is 3.19. The van der Waals surface area contributed by atoms with Gasteiger partial charge in [-0.1, -0.05) is 12.1 Å². The average molecular weight is 463 g/mol. The van der Waals surface area contributed by atoms with Crippen molar-refractivity contribution in [2.24, 2.45) is 0 Å². The number of rotatable bonds is 6. The number of esters is 1. The summed E-state index contributed by atoms with van der Waals surface area (Å²) < 4.78 is 74.7. The Morgan fingerprint density at radius 3 is 2.32 bits per heavy atom. The lowest BCUT2D eigenvalue weighted by Crippen LogP contribution is -2.36. The molecule has 0 atom stereocenters. The zero-order valence-electron chi connectivity index (χ0n) is 16.2. The maximum Gasteiger partial charge on any atom is 0.451 e. The van der Waals surface area contributed by atoms with Crippen molar-refractivity contribution in [3.05, 3.63) is 35.7 Å². The van der Waals surface area contributed by atoms with Crippen LogP contribution in [0.3, 0.4) is 0 Å². The number of nitrogens with one attached hydrogen (secondary N) is 2. The fourth-order valence-electron chi connectivity index (χ4n) is 2.08. The Balaban J connectivity index is 2.28. The van der Waals surface area contributed by atoms with Crippen molar-refractivity contribution in [3.63, 3.8) is 0 Å². The predicted molar refractivity (Wildman–Crippen MR) is 97.7 cm³/mol. The Kier molecular flexibility index (Phi) is 6.99. The summed E-state index contributed by atoms with van der Waals surface area (Å²) in [6.07, 6.45) is -5.52. The van der Waals surface area contributed by atoms with Crippen molar-refractivity contribution in [2.45, 2.75) is 31.0 Å². The molecular weight excluding hydrogens is 447 g/mol. The molecule has 0 fully saturated rings. The zero-order valence-corrected chi connectivity index (χ0v) is 17.0. The highest BCUT2D eigenvalue weighted by atomic mass is 32.2. The molecule has 0 aliphatic rings. The van der Waals surface area contributed by atoms with Crippen molar-refractivity contribution in [1.82, 2.24) is 19.7 Å². The first-order valence-electron chi connectivity index (χ1n) is 8.34. The number of urea groups is 1. The van der Waals surface area contributed by atoms with Gasteiger partial charge in [-0.15, -0.1) is 0 Å². The van der Waals surface area contributed by atoms with Gasteiger partial charge in [0.15, 0.2) is 0 Å². The second-order valence-electron chi connectivity index (χ2n) is 5.98. The molecular formula is C16H16F3N5O6S. The molecule has 11 nitrogen and oxygen atoms in total. The maximum atomic E-state index is 12.8. The lowest BCUT2D eigenvalue weighted by Gasteiger charge is -2.13. The Hall–Kier alpha value is -3.49. The van der Waals surface area contributed by atoms with Crippen LogP contribution in [-0.2, 0) is 20.9 Å². The number of carbonyl (C=O) groups is 2. The number of aromatic nitrogens is 3. The first kappa shape index (κ1) is 23.8.